The van der Waals surface area contributed by atoms with Gasteiger partial charge in [-0.1, -0.05) is 24.3 Å². The van der Waals surface area contributed by atoms with Crippen molar-refractivity contribution >= 4 is 17.9 Å². The molecule has 20 heavy (non-hydrogen) atoms. The molecule has 0 saturated carbocycles. The monoisotopic (exact) mass is 274 g/mol. The van der Waals surface area contributed by atoms with Crippen molar-refractivity contribution in [2.45, 2.75) is 19.0 Å². The molecule has 0 aliphatic carbocycles. The number of esters is 1. The lowest BCUT2D eigenvalue weighted by Gasteiger charge is -2.28. The lowest BCUT2D eigenvalue weighted by atomic mass is 9.95. The third-order valence-electron chi connectivity index (χ3n) is 3.79. The van der Waals surface area contributed by atoms with Crippen molar-refractivity contribution in [3.63, 3.8) is 0 Å². The molecule has 0 spiro atoms. The molecule has 104 valence electrons. The highest BCUT2D eigenvalue weighted by molar-refractivity contribution is 6.06. The van der Waals surface area contributed by atoms with E-state index in [1.54, 1.807) is 0 Å². The van der Waals surface area contributed by atoms with Crippen LogP contribution in [0.5, 0.6) is 0 Å². The van der Waals surface area contributed by atoms with E-state index in [1.807, 2.05) is 24.3 Å². The number of carbonyl (C=O) groups is 3. The second kappa shape index (κ2) is 4.63. The number of amides is 3. The van der Waals surface area contributed by atoms with Crippen molar-refractivity contribution in [1.29, 1.82) is 0 Å². The second-order valence-electron chi connectivity index (χ2n) is 4.90. The SMILES string of the molecule is COC(=O)CN1C(=O)[C@@H]2Cc3ccccc3CN2C1=O. The molecule has 3 rings (SSSR count). The molecule has 0 N–H and O–H groups in total. The van der Waals surface area contributed by atoms with E-state index in [0.29, 0.717) is 13.0 Å². The van der Waals surface area contributed by atoms with E-state index < -0.39 is 18.0 Å². The number of nitrogens with zero attached hydrogens (tertiary/aromatic N) is 2. The standard InChI is InChI=1S/C14H14N2O4/c1-20-12(17)8-16-13(18)11-6-9-4-2-3-5-10(9)7-15(11)14(16)19/h2-5,11H,6-8H2,1H3/t11-/m0/s1. The van der Waals surface area contributed by atoms with E-state index >= 15 is 0 Å². The van der Waals surface area contributed by atoms with Crippen LogP contribution in [0.15, 0.2) is 24.3 Å². The van der Waals surface area contributed by atoms with Gasteiger partial charge in [-0.15, -0.1) is 0 Å². The number of fused-ring (bicyclic) bond motifs is 2. The van der Waals surface area contributed by atoms with Gasteiger partial charge < -0.3 is 9.64 Å². The second-order valence-corrected chi connectivity index (χ2v) is 4.90. The summed E-state index contributed by atoms with van der Waals surface area (Å²) in [5.41, 5.74) is 2.12. The molecule has 2 aliphatic rings. The van der Waals surface area contributed by atoms with E-state index in [1.165, 1.54) is 12.0 Å². The van der Waals surface area contributed by atoms with Crippen LogP contribution in [0.3, 0.4) is 0 Å². The smallest absolute Gasteiger partial charge is 0.328 e. The summed E-state index contributed by atoms with van der Waals surface area (Å²) in [5, 5.41) is 0. The first-order valence-electron chi connectivity index (χ1n) is 6.37. The van der Waals surface area contributed by atoms with Crippen LogP contribution in [0.4, 0.5) is 4.79 Å². The molecule has 0 aromatic heterocycles. The first-order valence-corrected chi connectivity index (χ1v) is 6.37. The quantitative estimate of drug-likeness (QED) is 0.583. The zero-order valence-electron chi connectivity index (χ0n) is 11.0. The first kappa shape index (κ1) is 12.7. The molecular weight excluding hydrogens is 260 g/mol. The minimum atomic E-state index is -0.593. The minimum absolute atomic E-state index is 0.322. The third-order valence-corrected chi connectivity index (χ3v) is 3.79. The topological polar surface area (TPSA) is 66.9 Å². The van der Waals surface area contributed by atoms with Crippen LogP contribution in [0.2, 0.25) is 0 Å². The number of ether oxygens (including phenoxy) is 1. The number of rotatable bonds is 2. The number of carbonyl (C=O) groups excluding carboxylic acids is 3. The normalized spacial score (nSPS) is 20.8. The van der Waals surface area contributed by atoms with E-state index in [4.69, 9.17) is 0 Å². The van der Waals surface area contributed by atoms with Crippen molar-refractivity contribution in [2.75, 3.05) is 13.7 Å². The summed E-state index contributed by atoms with van der Waals surface area (Å²) in [6.45, 7) is 0.0839. The van der Waals surface area contributed by atoms with Gasteiger partial charge in [-0.25, -0.2) is 4.79 Å². The van der Waals surface area contributed by atoms with Crippen LogP contribution in [0, 0.1) is 0 Å². The van der Waals surface area contributed by atoms with Crippen LogP contribution >= 0.6 is 0 Å². The summed E-state index contributed by atoms with van der Waals surface area (Å²) < 4.78 is 4.52. The summed E-state index contributed by atoms with van der Waals surface area (Å²) in [5.74, 6) is -0.918. The maximum atomic E-state index is 12.3. The molecule has 0 radical (unpaired) electrons. The molecule has 1 aromatic rings. The summed E-state index contributed by atoms with van der Waals surface area (Å²) in [6.07, 6.45) is 0.498. The van der Waals surface area contributed by atoms with Crippen LogP contribution in [0.1, 0.15) is 11.1 Å². The van der Waals surface area contributed by atoms with Crippen molar-refractivity contribution in [1.82, 2.24) is 9.80 Å². The Morgan fingerprint density at radius 1 is 1.30 bits per heavy atom. The Balaban J connectivity index is 1.87. The Hall–Kier alpha value is -2.37. The highest BCUT2D eigenvalue weighted by Crippen LogP contribution is 2.29. The number of urea groups is 1. The van der Waals surface area contributed by atoms with Crippen molar-refractivity contribution < 1.29 is 19.1 Å². The number of hydrogen-bond donors (Lipinski definition) is 0. The zero-order valence-corrected chi connectivity index (χ0v) is 11.0. The van der Waals surface area contributed by atoms with Gasteiger partial charge in [0.2, 0.25) is 0 Å². The lowest BCUT2D eigenvalue weighted by Crippen LogP contribution is -2.40. The number of methoxy groups -OCH3 is 1. The average Bonchev–Trinajstić information content (AvgIpc) is 2.70. The zero-order chi connectivity index (χ0) is 14.3. The van der Waals surface area contributed by atoms with Gasteiger partial charge in [0.05, 0.1) is 7.11 Å². The average molecular weight is 274 g/mol. The summed E-state index contributed by atoms with van der Waals surface area (Å²) >= 11 is 0. The molecule has 3 amide bonds. The lowest BCUT2D eigenvalue weighted by molar-refractivity contribution is -0.144. The fourth-order valence-corrected chi connectivity index (χ4v) is 2.71. The van der Waals surface area contributed by atoms with Gasteiger partial charge in [0, 0.05) is 13.0 Å². The van der Waals surface area contributed by atoms with Crippen LogP contribution < -0.4 is 0 Å². The van der Waals surface area contributed by atoms with Crippen LogP contribution in [-0.2, 0) is 27.3 Å². The third kappa shape index (κ3) is 1.84. The maximum absolute atomic E-state index is 12.3. The van der Waals surface area contributed by atoms with Crippen molar-refractivity contribution in [2.24, 2.45) is 0 Å². The van der Waals surface area contributed by atoms with Crippen LogP contribution in [0.25, 0.3) is 0 Å². The molecule has 1 atom stereocenters. The van der Waals surface area contributed by atoms with E-state index in [0.717, 1.165) is 16.0 Å². The predicted octanol–water partition coefficient (Wildman–Crippen LogP) is 0.548. The molecule has 0 bridgehead atoms. The summed E-state index contributed by atoms with van der Waals surface area (Å²) in [4.78, 5) is 38.3. The molecule has 1 aromatic carbocycles. The number of imide groups is 1. The summed E-state index contributed by atoms with van der Waals surface area (Å²) in [7, 11) is 1.23. The van der Waals surface area contributed by atoms with Gasteiger partial charge >= 0.3 is 12.0 Å². The molecule has 2 aliphatic heterocycles. The first-order chi connectivity index (χ1) is 9.61. The van der Waals surface area contributed by atoms with Gasteiger partial charge in [-0.2, -0.15) is 0 Å². The highest BCUT2D eigenvalue weighted by Gasteiger charge is 2.47. The summed E-state index contributed by atoms with van der Waals surface area (Å²) in [6, 6.07) is 6.83. The molecular formula is C14H14N2O4. The van der Waals surface area contributed by atoms with E-state index in [-0.39, 0.29) is 12.5 Å². The fraction of sp³-hybridized carbons (Fsp3) is 0.357. The highest BCUT2D eigenvalue weighted by atomic mass is 16.5. The van der Waals surface area contributed by atoms with E-state index in [2.05, 4.69) is 4.74 Å². The van der Waals surface area contributed by atoms with Gasteiger partial charge in [0.1, 0.15) is 12.6 Å². The van der Waals surface area contributed by atoms with E-state index in [9.17, 15) is 14.4 Å². The van der Waals surface area contributed by atoms with Gasteiger partial charge in [-0.05, 0) is 11.1 Å². The molecule has 2 heterocycles. The maximum Gasteiger partial charge on any atom is 0.328 e. The molecule has 6 heteroatoms. The van der Waals surface area contributed by atoms with Crippen molar-refractivity contribution in [3.05, 3.63) is 35.4 Å². The number of hydrogen-bond acceptors (Lipinski definition) is 4. The molecule has 1 saturated heterocycles. The fourth-order valence-electron chi connectivity index (χ4n) is 2.71. The Kier molecular flexibility index (Phi) is 2.93. The Bertz CT molecular complexity index is 556. The van der Waals surface area contributed by atoms with Gasteiger partial charge in [0.25, 0.3) is 5.91 Å². The minimum Gasteiger partial charge on any atom is -0.468 e. The predicted molar refractivity (Wildman–Crippen MR) is 68.6 cm³/mol. The van der Waals surface area contributed by atoms with Crippen molar-refractivity contribution in [3.8, 4) is 0 Å². The van der Waals surface area contributed by atoms with Crippen LogP contribution in [-0.4, -0.2) is 47.4 Å². The van der Waals surface area contributed by atoms with Gasteiger partial charge in [0.15, 0.2) is 0 Å². The Morgan fingerprint density at radius 2 is 2.00 bits per heavy atom. The molecule has 6 nitrogen and oxygen atoms in total. The Morgan fingerprint density at radius 3 is 2.70 bits per heavy atom. The van der Waals surface area contributed by atoms with Gasteiger partial charge in [-0.3, -0.25) is 14.5 Å². The number of benzene rings is 1. The molecule has 0 unspecified atom stereocenters. The largest absolute Gasteiger partial charge is 0.468 e. The molecule has 1 fully saturated rings. The Labute approximate surface area is 115 Å².